The van der Waals surface area contributed by atoms with Gasteiger partial charge in [0.2, 0.25) is 0 Å². The zero-order chi connectivity index (χ0) is 26.8. The van der Waals surface area contributed by atoms with Gasteiger partial charge in [-0.25, -0.2) is 0 Å². The van der Waals surface area contributed by atoms with Crippen molar-refractivity contribution in [3.63, 3.8) is 0 Å². The van der Waals surface area contributed by atoms with Crippen LogP contribution in [0.2, 0.25) is 0 Å². The van der Waals surface area contributed by atoms with Gasteiger partial charge in [-0.1, -0.05) is 35.5 Å². The highest BCUT2D eigenvalue weighted by Crippen LogP contribution is 2.29. The molecule has 1 aromatic rings. The normalized spacial score (nSPS) is 16.4. The minimum atomic E-state index is -1.12. The second-order valence-corrected chi connectivity index (χ2v) is 10.3. The lowest BCUT2D eigenvalue weighted by atomic mass is 9.88. The third-order valence-electron chi connectivity index (χ3n) is 6.12. The van der Waals surface area contributed by atoms with Gasteiger partial charge in [-0.3, -0.25) is 4.79 Å². The lowest BCUT2D eigenvalue weighted by Gasteiger charge is -2.32. The highest BCUT2D eigenvalue weighted by atomic mass is 16.6. The highest BCUT2D eigenvalue weighted by molar-refractivity contribution is 5.66. The van der Waals surface area contributed by atoms with E-state index in [9.17, 15) is 25.2 Å². The third kappa shape index (κ3) is 11.6. The zero-order valence-corrected chi connectivity index (χ0v) is 22.4. The summed E-state index contributed by atoms with van der Waals surface area (Å²) in [6.07, 6.45) is 10.2. The van der Waals surface area contributed by atoms with Crippen LogP contribution < -0.4 is 0 Å². The lowest BCUT2D eigenvalue weighted by Crippen LogP contribution is -2.42. The Hall–Kier alpha value is -2.57. The molecule has 0 saturated carbocycles. The Kier molecular flexibility index (Phi) is 11.7. The first-order valence-electron chi connectivity index (χ1n) is 12.3. The van der Waals surface area contributed by atoms with E-state index in [1.54, 1.807) is 32.9 Å². The van der Waals surface area contributed by atoms with E-state index >= 15 is 0 Å². The Balaban J connectivity index is 2.70. The van der Waals surface area contributed by atoms with Crippen molar-refractivity contribution in [2.45, 2.75) is 104 Å². The number of benzene rings is 1. The highest BCUT2D eigenvalue weighted by Gasteiger charge is 2.33. The van der Waals surface area contributed by atoms with Gasteiger partial charge in [0.1, 0.15) is 17.6 Å². The largest absolute Gasteiger partial charge is 0.508 e. The molecule has 0 unspecified atom stereocenters. The van der Waals surface area contributed by atoms with Crippen LogP contribution in [0.5, 0.6) is 11.5 Å². The van der Waals surface area contributed by atoms with Crippen LogP contribution in [0.15, 0.2) is 41.5 Å². The minimum Gasteiger partial charge on any atom is -0.508 e. The number of esters is 1. The van der Waals surface area contributed by atoms with E-state index in [4.69, 9.17) is 4.74 Å². The molecule has 0 heterocycles. The number of hydrogen-bond donors (Lipinski definition) is 4. The van der Waals surface area contributed by atoms with Crippen LogP contribution >= 0.6 is 0 Å². The molecule has 35 heavy (non-hydrogen) atoms. The van der Waals surface area contributed by atoms with Crippen LogP contribution in [0.3, 0.4) is 0 Å². The van der Waals surface area contributed by atoms with Gasteiger partial charge in [-0.15, -0.1) is 0 Å². The predicted octanol–water partition coefficient (Wildman–Crippen LogP) is 6.11. The second-order valence-electron chi connectivity index (χ2n) is 10.3. The Labute approximate surface area is 210 Å². The molecule has 0 spiro atoms. The Bertz CT molecular complexity index is 933. The standard InChI is InChI=1S/C29H44O6/c1-20(2)10-8-16-29(7,34)27(35-23(5)30)13-12-21(3)11-9-15-28(6,33)17-14-24-19-25(31)22(4)18-26(24)32/h10-11,14,17-19,27,31-34H,8-9,12-13,15-16H2,1-7H3/b17-14-,21-11+/t27-,28+,29+/m1/s1. The summed E-state index contributed by atoms with van der Waals surface area (Å²) in [5.41, 5.74) is 1.07. The van der Waals surface area contributed by atoms with Gasteiger partial charge < -0.3 is 25.2 Å². The summed E-state index contributed by atoms with van der Waals surface area (Å²) in [6.45, 7) is 12.5. The van der Waals surface area contributed by atoms with Gasteiger partial charge in [-0.05, 0) is 97.8 Å². The molecule has 0 amide bonds. The fraction of sp³-hybridized carbons (Fsp3) is 0.552. The summed E-state index contributed by atoms with van der Waals surface area (Å²) in [5.74, 6) is -0.277. The number of allylic oxidation sites excluding steroid dienone is 4. The number of phenolic OH excluding ortho intramolecular Hbond substituents is 2. The number of rotatable bonds is 13. The van der Waals surface area contributed by atoms with Gasteiger partial charge in [0.25, 0.3) is 0 Å². The summed E-state index contributed by atoms with van der Waals surface area (Å²) >= 11 is 0. The van der Waals surface area contributed by atoms with E-state index < -0.39 is 23.3 Å². The third-order valence-corrected chi connectivity index (χ3v) is 6.12. The minimum absolute atomic E-state index is 0.0437. The van der Waals surface area contributed by atoms with E-state index in [1.165, 1.54) is 24.6 Å². The number of ether oxygens (including phenoxy) is 1. The molecule has 1 aromatic carbocycles. The Morgan fingerprint density at radius 2 is 1.63 bits per heavy atom. The van der Waals surface area contributed by atoms with Crippen molar-refractivity contribution in [2.24, 2.45) is 0 Å². The molecule has 196 valence electrons. The smallest absolute Gasteiger partial charge is 0.303 e. The van der Waals surface area contributed by atoms with Crippen molar-refractivity contribution in [1.29, 1.82) is 0 Å². The van der Waals surface area contributed by atoms with Crippen LogP contribution in [0, 0.1) is 6.92 Å². The maximum atomic E-state index is 11.6. The Morgan fingerprint density at radius 3 is 2.23 bits per heavy atom. The number of carbonyl (C=O) groups is 1. The van der Waals surface area contributed by atoms with E-state index in [1.807, 2.05) is 26.8 Å². The zero-order valence-electron chi connectivity index (χ0n) is 22.4. The van der Waals surface area contributed by atoms with Crippen LogP contribution in [0.1, 0.15) is 91.2 Å². The lowest BCUT2D eigenvalue weighted by molar-refractivity contribution is -0.162. The monoisotopic (exact) mass is 488 g/mol. The topological polar surface area (TPSA) is 107 Å². The number of carbonyl (C=O) groups excluding carboxylic acids is 1. The van der Waals surface area contributed by atoms with Crippen LogP contribution in [0.25, 0.3) is 6.08 Å². The number of aromatic hydroxyl groups is 2. The maximum absolute atomic E-state index is 11.6. The van der Waals surface area contributed by atoms with E-state index in [2.05, 4.69) is 6.08 Å². The second kappa shape index (κ2) is 13.5. The number of phenols is 2. The number of aliphatic hydroxyl groups is 2. The molecule has 0 saturated heterocycles. The summed E-state index contributed by atoms with van der Waals surface area (Å²) in [6, 6.07) is 2.95. The van der Waals surface area contributed by atoms with E-state index in [0.717, 1.165) is 5.57 Å². The maximum Gasteiger partial charge on any atom is 0.303 e. The first-order valence-corrected chi connectivity index (χ1v) is 12.3. The van der Waals surface area contributed by atoms with Crippen molar-refractivity contribution in [3.05, 3.63) is 52.6 Å². The van der Waals surface area contributed by atoms with Gasteiger partial charge in [0.15, 0.2) is 0 Å². The van der Waals surface area contributed by atoms with Gasteiger partial charge in [-0.2, -0.15) is 0 Å². The van der Waals surface area contributed by atoms with Crippen molar-refractivity contribution in [2.75, 3.05) is 0 Å². The number of aryl methyl sites for hydroxylation is 1. The summed E-state index contributed by atoms with van der Waals surface area (Å²) in [4.78, 5) is 11.6. The molecule has 3 atom stereocenters. The first kappa shape index (κ1) is 30.5. The summed E-state index contributed by atoms with van der Waals surface area (Å²) in [7, 11) is 0. The molecule has 1 rings (SSSR count). The molecule has 0 fully saturated rings. The van der Waals surface area contributed by atoms with Crippen molar-refractivity contribution < 1.29 is 30.0 Å². The molecule has 0 aliphatic heterocycles. The fourth-order valence-electron chi connectivity index (χ4n) is 3.77. The van der Waals surface area contributed by atoms with E-state index in [0.29, 0.717) is 49.7 Å². The first-order chi connectivity index (χ1) is 16.1. The Morgan fingerprint density at radius 1 is 1.00 bits per heavy atom. The molecule has 6 heteroatoms. The van der Waals surface area contributed by atoms with Crippen LogP contribution in [-0.4, -0.2) is 43.7 Å². The average molecular weight is 489 g/mol. The quantitative estimate of drug-likeness (QED) is 0.152. The summed E-state index contributed by atoms with van der Waals surface area (Å²) < 4.78 is 5.46. The molecular formula is C29H44O6. The van der Waals surface area contributed by atoms with Crippen molar-refractivity contribution >= 4 is 12.0 Å². The fourth-order valence-corrected chi connectivity index (χ4v) is 3.77. The average Bonchev–Trinajstić information content (AvgIpc) is 2.71. The molecule has 0 aliphatic carbocycles. The van der Waals surface area contributed by atoms with E-state index in [-0.39, 0.29) is 11.5 Å². The van der Waals surface area contributed by atoms with Crippen molar-refractivity contribution in [1.82, 2.24) is 0 Å². The summed E-state index contributed by atoms with van der Waals surface area (Å²) in [5, 5.41) is 41.5. The molecular weight excluding hydrogens is 444 g/mol. The van der Waals surface area contributed by atoms with Crippen LogP contribution in [-0.2, 0) is 9.53 Å². The van der Waals surface area contributed by atoms with Gasteiger partial charge >= 0.3 is 5.97 Å². The SMILES string of the molecule is CC(=O)O[C@H](CC/C(C)=C/CC[C@](C)(O)/C=C\c1cc(O)c(C)cc1O)[C@@](C)(O)CCC=C(C)C. The molecule has 0 aliphatic rings. The predicted molar refractivity (Wildman–Crippen MR) is 141 cm³/mol. The molecule has 0 radical (unpaired) electrons. The van der Waals surface area contributed by atoms with Crippen molar-refractivity contribution in [3.8, 4) is 11.5 Å². The van der Waals surface area contributed by atoms with Crippen LogP contribution in [0.4, 0.5) is 0 Å². The molecule has 0 aromatic heterocycles. The van der Waals surface area contributed by atoms with Gasteiger partial charge in [0, 0.05) is 12.5 Å². The molecule has 0 bridgehead atoms. The molecule has 4 N–H and O–H groups in total. The molecule has 6 nitrogen and oxygen atoms in total. The number of hydrogen-bond acceptors (Lipinski definition) is 6. The van der Waals surface area contributed by atoms with Gasteiger partial charge in [0.05, 0.1) is 11.2 Å².